The minimum atomic E-state index is -2.72. The molecule has 49 heavy (non-hydrogen) atoms. The Hall–Kier alpha value is -4.00. The third-order valence-electron chi connectivity index (χ3n) is 10.1. The lowest BCUT2D eigenvalue weighted by molar-refractivity contribution is -0.125. The Morgan fingerprint density at radius 3 is 2.02 bits per heavy atom. The molecule has 0 spiro atoms. The maximum Gasteiger partial charge on any atom is 0.258 e. The molecule has 0 bridgehead atoms. The number of benzene rings is 3. The molecule has 6 atom stereocenters. The van der Waals surface area contributed by atoms with Gasteiger partial charge in [-0.25, -0.2) is 26.9 Å². The standard InChI is InChI=1S/C34H22Cl3F5N2O5/c1-2-13-3-5-14(6-4-13)43-29(46)18-10-9-16-19(21(18)30(43)47)12-33(36)31(48)44(28-26(41)24(39)23(38)25(40)27(28)42)32(49)34(33,37)22(16)17-8-7-15(45)11-20(17)35/h3-9,11,18-19,21-22,45H,2,10,12H2,1H3. The summed E-state index contributed by atoms with van der Waals surface area (Å²) in [5.74, 6) is -21.8. The largest absolute Gasteiger partial charge is 0.508 e. The van der Waals surface area contributed by atoms with Crippen LogP contribution in [0.2, 0.25) is 5.02 Å². The first-order valence-electron chi connectivity index (χ1n) is 15.0. The Morgan fingerprint density at radius 1 is 0.816 bits per heavy atom. The Balaban J connectivity index is 1.42. The van der Waals surface area contributed by atoms with E-state index >= 15 is 8.78 Å². The maximum atomic E-state index is 15.2. The van der Waals surface area contributed by atoms with E-state index in [2.05, 4.69) is 0 Å². The van der Waals surface area contributed by atoms with Gasteiger partial charge in [0.25, 0.3) is 11.8 Å². The van der Waals surface area contributed by atoms with E-state index in [0.717, 1.165) is 16.5 Å². The van der Waals surface area contributed by atoms with Crippen LogP contribution < -0.4 is 9.80 Å². The molecule has 15 heteroatoms. The number of hydrogen-bond donors (Lipinski definition) is 1. The Kier molecular flexibility index (Phi) is 7.70. The Labute approximate surface area is 289 Å². The van der Waals surface area contributed by atoms with Crippen LogP contribution in [0.3, 0.4) is 0 Å². The van der Waals surface area contributed by atoms with E-state index in [1.165, 1.54) is 12.1 Å². The molecule has 1 saturated carbocycles. The molecule has 1 N–H and O–H groups in total. The first-order valence-corrected chi connectivity index (χ1v) is 16.2. The van der Waals surface area contributed by atoms with Crippen molar-refractivity contribution in [2.45, 2.75) is 41.9 Å². The number of phenols is 1. The summed E-state index contributed by atoms with van der Waals surface area (Å²) >= 11 is 20.7. The van der Waals surface area contributed by atoms with Crippen LogP contribution in [0.15, 0.2) is 54.1 Å². The molecule has 2 saturated heterocycles. The van der Waals surface area contributed by atoms with Gasteiger partial charge >= 0.3 is 0 Å². The predicted octanol–water partition coefficient (Wildman–Crippen LogP) is 7.07. The van der Waals surface area contributed by atoms with Gasteiger partial charge in [-0.2, -0.15) is 0 Å². The van der Waals surface area contributed by atoms with Crippen molar-refractivity contribution in [1.29, 1.82) is 0 Å². The Morgan fingerprint density at radius 2 is 1.43 bits per heavy atom. The Bertz CT molecular complexity index is 2030. The van der Waals surface area contributed by atoms with Gasteiger partial charge in [0.2, 0.25) is 17.6 Å². The molecular weight excluding hydrogens is 718 g/mol. The van der Waals surface area contributed by atoms with Crippen molar-refractivity contribution >= 4 is 69.8 Å². The molecule has 3 aromatic carbocycles. The van der Waals surface area contributed by atoms with Gasteiger partial charge in [-0.1, -0.05) is 48.4 Å². The molecule has 2 aliphatic heterocycles. The molecule has 7 nitrogen and oxygen atoms in total. The number of halogens is 8. The van der Waals surface area contributed by atoms with Crippen molar-refractivity contribution in [3.8, 4) is 5.75 Å². The van der Waals surface area contributed by atoms with Crippen molar-refractivity contribution in [2.24, 2.45) is 17.8 Å². The zero-order valence-electron chi connectivity index (χ0n) is 25.0. The topological polar surface area (TPSA) is 95.0 Å². The first-order chi connectivity index (χ1) is 23.1. The average Bonchev–Trinajstić information content (AvgIpc) is 3.41. The molecule has 254 valence electrons. The highest BCUT2D eigenvalue weighted by Crippen LogP contribution is 2.66. The highest BCUT2D eigenvalue weighted by Gasteiger charge is 2.77. The number of fused-ring (bicyclic) bond motifs is 4. The third-order valence-corrected chi connectivity index (χ3v) is 11.9. The molecule has 3 aromatic rings. The lowest BCUT2D eigenvalue weighted by Crippen LogP contribution is -2.60. The highest BCUT2D eigenvalue weighted by atomic mass is 35.5. The van der Waals surface area contributed by atoms with Gasteiger partial charge in [0, 0.05) is 10.9 Å². The number of imide groups is 2. The number of phenolic OH excluding ortho intramolecular Hbond substituents is 1. The smallest absolute Gasteiger partial charge is 0.258 e. The number of allylic oxidation sites excluding steroid dienone is 2. The lowest BCUT2D eigenvalue weighted by Gasteiger charge is -2.50. The van der Waals surface area contributed by atoms with Gasteiger partial charge in [0.1, 0.15) is 11.4 Å². The second-order valence-electron chi connectivity index (χ2n) is 12.4. The fraction of sp³-hybridized carbons (Fsp3) is 0.294. The number of nitrogens with zero attached hydrogens (tertiary/aromatic N) is 2. The summed E-state index contributed by atoms with van der Waals surface area (Å²) in [6.07, 6.45) is 1.60. The summed E-state index contributed by atoms with van der Waals surface area (Å²) in [4.78, 5) is 51.9. The molecule has 6 unspecified atom stereocenters. The maximum absolute atomic E-state index is 15.2. The minimum absolute atomic E-state index is 0.00177. The van der Waals surface area contributed by atoms with Crippen LogP contribution in [0.25, 0.3) is 0 Å². The average molecular weight is 740 g/mol. The molecule has 3 fully saturated rings. The van der Waals surface area contributed by atoms with E-state index in [1.807, 2.05) is 6.92 Å². The third kappa shape index (κ3) is 4.32. The van der Waals surface area contributed by atoms with Crippen molar-refractivity contribution in [3.05, 3.63) is 99.3 Å². The normalized spacial score (nSPS) is 29.3. The second-order valence-corrected chi connectivity index (χ2v) is 14.1. The van der Waals surface area contributed by atoms with Crippen molar-refractivity contribution in [2.75, 3.05) is 9.80 Å². The molecule has 2 aliphatic carbocycles. The zero-order chi connectivity index (χ0) is 35.5. The zero-order valence-corrected chi connectivity index (χ0v) is 27.3. The summed E-state index contributed by atoms with van der Waals surface area (Å²) in [6, 6.07) is 10.3. The summed E-state index contributed by atoms with van der Waals surface area (Å²) in [5, 5.41) is 9.90. The SMILES string of the molecule is CCc1ccc(N2C(=O)C3CC=C4C(CC5(Cl)C(=O)N(c6c(F)c(F)c(F)c(F)c6F)C(=O)C5(Cl)C4c4ccc(O)cc4Cl)C3C2=O)cc1. The number of carbonyl (C=O) groups is 4. The van der Waals surface area contributed by atoms with Crippen LogP contribution in [0.4, 0.5) is 33.3 Å². The van der Waals surface area contributed by atoms with Crippen LogP contribution in [-0.2, 0) is 25.6 Å². The fourth-order valence-corrected chi connectivity index (χ4v) is 9.01. The number of amides is 4. The van der Waals surface area contributed by atoms with E-state index in [1.54, 1.807) is 30.3 Å². The number of aryl methyl sites for hydroxylation is 1. The summed E-state index contributed by atoms with van der Waals surface area (Å²) in [6.45, 7) is 1.93. The molecule has 0 aromatic heterocycles. The summed E-state index contributed by atoms with van der Waals surface area (Å²) in [5.41, 5.74) is -0.382. The van der Waals surface area contributed by atoms with Crippen LogP contribution in [0.1, 0.15) is 36.8 Å². The highest BCUT2D eigenvalue weighted by molar-refractivity contribution is 6.58. The van der Waals surface area contributed by atoms with E-state index in [9.17, 15) is 37.5 Å². The first kappa shape index (κ1) is 33.5. The number of anilines is 2. The fourth-order valence-electron chi connectivity index (χ4n) is 7.80. The van der Waals surface area contributed by atoms with Crippen LogP contribution >= 0.6 is 34.8 Å². The summed E-state index contributed by atoms with van der Waals surface area (Å²) < 4.78 is 73.1. The monoisotopic (exact) mass is 738 g/mol. The van der Waals surface area contributed by atoms with E-state index in [-0.39, 0.29) is 33.2 Å². The van der Waals surface area contributed by atoms with E-state index in [4.69, 9.17) is 34.8 Å². The quantitative estimate of drug-likeness (QED) is 0.0772. The number of carbonyl (C=O) groups excluding carboxylic acids is 4. The van der Waals surface area contributed by atoms with E-state index < -0.39 is 98.2 Å². The van der Waals surface area contributed by atoms with Gasteiger partial charge in [-0.3, -0.25) is 24.1 Å². The lowest BCUT2D eigenvalue weighted by atomic mass is 9.56. The van der Waals surface area contributed by atoms with E-state index in [0.29, 0.717) is 12.1 Å². The van der Waals surface area contributed by atoms with Crippen LogP contribution in [0.5, 0.6) is 5.75 Å². The van der Waals surface area contributed by atoms with Gasteiger partial charge in [0.05, 0.1) is 17.5 Å². The molecule has 2 heterocycles. The van der Waals surface area contributed by atoms with Crippen molar-refractivity contribution < 1.29 is 46.2 Å². The van der Waals surface area contributed by atoms with Crippen LogP contribution in [0, 0.1) is 46.8 Å². The minimum Gasteiger partial charge on any atom is -0.508 e. The predicted molar refractivity (Wildman–Crippen MR) is 168 cm³/mol. The van der Waals surface area contributed by atoms with Crippen molar-refractivity contribution in [3.63, 3.8) is 0 Å². The molecule has 4 aliphatic rings. The van der Waals surface area contributed by atoms with Gasteiger partial charge in [-0.05, 0) is 60.6 Å². The second kappa shape index (κ2) is 11.3. The number of rotatable bonds is 4. The molecular formula is C34H22Cl3F5N2O5. The van der Waals surface area contributed by atoms with Gasteiger partial charge in [-0.15, -0.1) is 23.2 Å². The van der Waals surface area contributed by atoms with Crippen LogP contribution in [-0.4, -0.2) is 38.5 Å². The number of aromatic hydroxyl groups is 1. The van der Waals surface area contributed by atoms with Crippen molar-refractivity contribution in [1.82, 2.24) is 0 Å². The number of alkyl halides is 2. The van der Waals surface area contributed by atoms with Gasteiger partial charge < -0.3 is 5.11 Å². The molecule has 4 amide bonds. The molecule has 7 rings (SSSR count). The molecule has 0 radical (unpaired) electrons. The summed E-state index contributed by atoms with van der Waals surface area (Å²) in [7, 11) is 0. The number of hydrogen-bond acceptors (Lipinski definition) is 5. The van der Waals surface area contributed by atoms with Gasteiger partial charge in [0.15, 0.2) is 33.0 Å².